The number of ether oxygens (including phenoxy) is 1. The van der Waals surface area contributed by atoms with Gasteiger partial charge in [-0.15, -0.1) is 0 Å². The number of β-amino-alcohol motifs (C(OH)–C–C–N with tert-alkyl or cyclic N) is 1. The van der Waals surface area contributed by atoms with Gasteiger partial charge in [-0.1, -0.05) is 42.0 Å². The molecule has 0 radical (unpaired) electrons. The maximum absolute atomic E-state index is 12.8. The van der Waals surface area contributed by atoms with E-state index in [1.807, 2.05) is 26.0 Å². The fourth-order valence-corrected chi connectivity index (χ4v) is 3.48. The number of hydrogen-bond acceptors (Lipinski definition) is 5. The molecule has 6 heteroatoms. The first-order chi connectivity index (χ1) is 13.8. The van der Waals surface area contributed by atoms with Crippen molar-refractivity contribution >= 4 is 17.4 Å². The van der Waals surface area contributed by atoms with Gasteiger partial charge in [0.25, 0.3) is 11.7 Å². The van der Waals surface area contributed by atoms with Crippen molar-refractivity contribution in [2.75, 3.05) is 13.2 Å². The van der Waals surface area contributed by atoms with Gasteiger partial charge >= 0.3 is 0 Å². The summed E-state index contributed by atoms with van der Waals surface area (Å²) < 4.78 is 5.46. The Morgan fingerprint density at radius 2 is 1.72 bits per heavy atom. The predicted molar refractivity (Wildman–Crippen MR) is 109 cm³/mol. The minimum absolute atomic E-state index is 0.0173. The van der Waals surface area contributed by atoms with E-state index >= 15 is 0 Å². The molecular formula is C23H25NO5. The maximum atomic E-state index is 12.8. The zero-order valence-electron chi connectivity index (χ0n) is 16.8. The van der Waals surface area contributed by atoms with E-state index in [0.717, 1.165) is 5.56 Å². The van der Waals surface area contributed by atoms with Gasteiger partial charge in [0.05, 0.1) is 24.3 Å². The summed E-state index contributed by atoms with van der Waals surface area (Å²) in [7, 11) is 0. The number of carbonyl (C=O) groups excluding carboxylic acids is 2. The average molecular weight is 395 g/mol. The van der Waals surface area contributed by atoms with E-state index in [-0.39, 0.29) is 17.9 Å². The number of aliphatic hydroxyl groups excluding tert-OH is 2. The standard InChI is InChI=1S/C23H25NO5/c1-4-29-18-11-9-16(10-12-18)20-19(21(26)17-7-5-14(2)6-8-17)22(27)23(28)24(20)13-15(3)25/h5-12,15,20,25-26H,4,13H2,1-3H3/b21-19-. The van der Waals surface area contributed by atoms with Crippen molar-refractivity contribution in [3.63, 3.8) is 0 Å². The zero-order chi connectivity index (χ0) is 21.1. The molecule has 0 saturated carbocycles. The monoisotopic (exact) mass is 395 g/mol. The Kier molecular flexibility index (Phi) is 6.03. The van der Waals surface area contributed by atoms with Crippen molar-refractivity contribution in [1.29, 1.82) is 0 Å². The smallest absolute Gasteiger partial charge is 0.295 e. The molecule has 1 amide bonds. The Morgan fingerprint density at radius 3 is 2.28 bits per heavy atom. The fourth-order valence-electron chi connectivity index (χ4n) is 3.48. The highest BCUT2D eigenvalue weighted by Crippen LogP contribution is 2.39. The first kappa shape index (κ1) is 20.6. The number of nitrogens with zero attached hydrogens (tertiary/aromatic N) is 1. The number of ketones is 1. The van der Waals surface area contributed by atoms with Crippen LogP contribution in [0.2, 0.25) is 0 Å². The lowest BCUT2D eigenvalue weighted by Gasteiger charge is -2.26. The van der Waals surface area contributed by atoms with Gasteiger partial charge in [-0.25, -0.2) is 0 Å². The summed E-state index contributed by atoms with van der Waals surface area (Å²) in [5, 5.41) is 20.8. The lowest BCUT2D eigenvalue weighted by Crippen LogP contribution is -2.35. The molecule has 2 atom stereocenters. The number of likely N-dealkylation sites (tertiary alicyclic amines) is 1. The molecule has 2 aromatic carbocycles. The SMILES string of the molecule is CCOc1ccc(C2/C(=C(/O)c3ccc(C)cc3)C(=O)C(=O)N2CC(C)O)cc1. The number of carbonyl (C=O) groups is 2. The summed E-state index contributed by atoms with van der Waals surface area (Å²) in [6.45, 7) is 5.85. The van der Waals surface area contributed by atoms with Crippen molar-refractivity contribution < 1.29 is 24.5 Å². The second kappa shape index (κ2) is 8.49. The predicted octanol–water partition coefficient (Wildman–Crippen LogP) is 3.20. The van der Waals surface area contributed by atoms with Gasteiger partial charge in [0, 0.05) is 12.1 Å². The van der Waals surface area contributed by atoms with Crippen LogP contribution in [-0.4, -0.2) is 46.1 Å². The number of rotatable bonds is 6. The van der Waals surface area contributed by atoms with Gasteiger partial charge in [0.1, 0.15) is 11.5 Å². The molecule has 0 spiro atoms. The highest BCUT2D eigenvalue weighted by molar-refractivity contribution is 6.46. The number of amides is 1. The van der Waals surface area contributed by atoms with Crippen molar-refractivity contribution in [2.45, 2.75) is 32.9 Å². The third kappa shape index (κ3) is 4.17. The molecule has 3 rings (SSSR count). The van der Waals surface area contributed by atoms with E-state index in [4.69, 9.17) is 4.74 Å². The fraction of sp³-hybridized carbons (Fsp3) is 0.304. The molecule has 1 aliphatic heterocycles. The first-order valence-electron chi connectivity index (χ1n) is 9.59. The van der Waals surface area contributed by atoms with E-state index < -0.39 is 23.8 Å². The van der Waals surface area contributed by atoms with Crippen molar-refractivity contribution in [3.05, 3.63) is 70.8 Å². The molecule has 29 heavy (non-hydrogen) atoms. The van der Waals surface area contributed by atoms with Crippen LogP contribution in [0, 0.1) is 6.92 Å². The molecule has 152 valence electrons. The van der Waals surface area contributed by atoms with E-state index in [2.05, 4.69) is 0 Å². The molecule has 1 fully saturated rings. The second-order valence-corrected chi connectivity index (χ2v) is 7.17. The van der Waals surface area contributed by atoms with Crippen LogP contribution in [0.1, 0.15) is 36.6 Å². The van der Waals surface area contributed by atoms with Crippen molar-refractivity contribution in [3.8, 4) is 5.75 Å². The third-order valence-corrected chi connectivity index (χ3v) is 4.83. The van der Waals surface area contributed by atoms with Crippen LogP contribution in [0.15, 0.2) is 54.1 Å². The second-order valence-electron chi connectivity index (χ2n) is 7.17. The minimum Gasteiger partial charge on any atom is -0.507 e. The average Bonchev–Trinajstić information content (AvgIpc) is 2.93. The summed E-state index contributed by atoms with van der Waals surface area (Å²) in [5.41, 5.74) is 2.14. The number of benzene rings is 2. The van der Waals surface area contributed by atoms with Gasteiger partial charge in [-0.2, -0.15) is 0 Å². The van der Waals surface area contributed by atoms with Crippen LogP contribution in [0.5, 0.6) is 5.75 Å². The Hall–Kier alpha value is -3.12. The molecule has 6 nitrogen and oxygen atoms in total. The van der Waals surface area contributed by atoms with Crippen LogP contribution in [-0.2, 0) is 9.59 Å². The van der Waals surface area contributed by atoms with E-state index in [0.29, 0.717) is 23.5 Å². The number of aryl methyl sites for hydroxylation is 1. The van der Waals surface area contributed by atoms with Crippen LogP contribution < -0.4 is 4.74 Å². The van der Waals surface area contributed by atoms with Gasteiger partial charge in [0.15, 0.2) is 0 Å². The Balaban J connectivity index is 2.13. The maximum Gasteiger partial charge on any atom is 0.295 e. The highest BCUT2D eigenvalue weighted by atomic mass is 16.5. The summed E-state index contributed by atoms with van der Waals surface area (Å²) in [6, 6.07) is 13.3. The van der Waals surface area contributed by atoms with Gasteiger partial charge in [-0.05, 0) is 38.5 Å². The number of aliphatic hydroxyl groups is 2. The highest BCUT2D eigenvalue weighted by Gasteiger charge is 2.46. The zero-order valence-corrected chi connectivity index (χ0v) is 16.8. The van der Waals surface area contributed by atoms with Crippen molar-refractivity contribution in [1.82, 2.24) is 4.90 Å². The summed E-state index contributed by atoms with van der Waals surface area (Å²) in [4.78, 5) is 26.8. The summed E-state index contributed by atoms with van der Waals surface area (Å²) in [6.07, 6.45) is -0.821. The molecule has 0 aliphatic carbocycles. The van der Waals surface area contributed by atoms with Crippen LogP contribution in [0.3, 0.4) is 0 Å². The van der Waals surface area contributed by atoms with Crippen LogP contribution in [0.25, 0.3) is 5.76 Å². The summed E-state index contributed by atoms with van der Waals surface area (Å²) >= 11 is 0. The Bertz CT molecular complexity index is 929. The minimum atomic E-state index is -0.821. The van der Waals surface area contributed by atoms with E-state index in [1.54, 1.807) is 43.3 Å². The molecule has 1 heterocycles. The largest absolute Gasteiger partial charge is 0.507 e. The topological polar surface area (TPSA) is 87.1 Å². The first-order valence-corrected chi connectivity index (χ1v) is 9.59. The summed E-state index contributed by atoms with van der Waals surface area (Å²) in [5.74, 6) is -1.06. The van der Waals surface area contributed by atoms with Gasteiger partial charge < -0.3 is 19.8 Å². The normalized spacial score (nSPS) is 19.4. The van der Waals surface area contributed by atoms with Crippen LogP contribution in [0.4, 0.5) is 0 Å². The molecule has 0 bridgehead atoms. The number of hydrogen-bond donors (Lipinski definition) is 2. The molecule has 2 N–H and O–H groups in total. The van der Waals surface area contributed by atoms with Crippen LogP contribution >= 0.6 is 0 Å². The van der Waals surface area contributed by atoms with E-state index in [9.17, 15) is 19.8 Å². The molecule has 1 aliphatic rings. The third-order valence-electron chi connectivity index (χ3n) is 4.83. The number of Topliss-reactive ketones (excluding diaryl/α,β-unsaturated/α-hetero) is 1. The quantitative estimate of drug-likeness (QED) is 0.446. The Labute approximate surface area is 170 Å². The Morgan fingerprint density at radius 1 is 1.10 bits per heavy atom. The molecule has 1 saturated heterocycles. The van der Waals surface area contributed by atoms with Crippen molar-refractivity contribution in [2.24, 2.45) is 0 Å². The molecule has 2 unspecified atom stereocenters. The lowest BCUT2D eigenvalue weighted by atomic mass is 9.95. The molecule has 2 aromatic rings. The van der Waals surface area contributed by atoms with Gasteiger partial charge in [0.2, 0.25) is 0 Å². The van der Waals surface area contributed by atoms with E-state index in [1.165, 1.54) is 4.90 Å². The molecule has 0 aromatic heterocycles. The molecular weight excluding hydrogens is 370 g/mol. The van der Waals surface area contributed by atoms with Gasteiger partial charge in [-0.3, -0.25) is 9.59 Å². The lowest BCUT2D eigenvalue weighted by molar-refractivity contribution is -0.140.